The Morgan fingerprint density at radius 1 is 1.24 bits per heavy atom. The van der Waals surface area contributed by atoms with Gasteiger partial charge in [0.05, 0.1) is 31.9 Å². The minimum absolute atomic E-state index is 0.0215. The van der Waals surface area contributed by atoms with Gasteiger partial charge in [-0.2, -0.15) is 0 Å². The van der Waals surface area contributed by atoms with Gasteiger partial charge in [-0.1, -0.05) is 6.07 Å². The second kappa shape index (κ2) is 8.78. The molecule has 0 aliphatic carbocycles. The zero-order valence-corrected chi connectivity index (χ0v) is 14.4. The molecule has 1 aromatic carbocycles. The number of ether oxygens (including phenoxy) is 3. The fourth-order valence-electron chi connectivity index (χ4n) is 1.79. The van der Waals surface area contributed by atoms with Crippen LogP contribution in [0.5, 0.6) is 5.75 Å². The van der Waals surface area contributed by atoms with Gasteiger partial charge in [0.2, 0.25) is 0 Å². The molecule has 2 rings (SSSR count). The number of amides is 1. The van der Waals surface area contributed by atoms with E-state index in [0.29, 0.717) is 16.6 Å². The van der Waals surface area contributed by atoms with Crippen LogP contribution in [0.3, 0.4) is 0 Å². The minimum Gasteiger partial charge on any atom is -0.497 e. The van der Waals surface area contributed by atoms with Gasteiger partial charge in [0.1, 0.15) is 5.75 Å². The maximum atomic E-state index is 11.9. The number of methoxy groups -OCH3 is 2. The van der Waals surface area contributed by atoms with E-state index >= 15 is 0 Å². The molecule has 0 unspecified atom stereocenters. The van der Waals surface area contributed by atoms with Crippen molar-refractivity contribution >= 4 is 34.3 Å². The molecule has 0 saturated carbocycles. The second-order valence-corrected chi connectivity index (χ2v) is 5.61. The quantitative estimate of drug-likeness (QED) is 0.745. The number of hydrogen-bond acceptors (Lipinski definition) is 8. The number of anilines is 1. The molecule has 1 amide bonds. The number of thiazole rings is 1. The summed E-state index contributed by atoms with van der Waals surface area (Å²) < 4.78 is 14.5. The third kappa shape index (κ3) is 5.57. The molecule has 25 heavy (non-hydrogen) atoms. The number of nitrogens with zero attached hydrogens (tertiary/aromatic N) is 1. The highest BCUT2D eigenvalue weighted by Crippen LogP contribution is 2.16. The van der Waals surface area contributed by atoms with Crippen LogP contribution in [-0.4, -0.2) is 43.7 Å². The number of carbonyl (C=O) groups is 3. The van der Waals surface area contributed by atoms with E-state index in [1.165, 1.54) is 20.3 Å². The van der Waals surface area contributed by atoms with E-state index in [0.717, 1.165) is 11.3 Å². The summed E-state index contributed by atoms with van der Waals surface area (Å²) >= 11 is 1.16. The molecule has 9 heteroatoms. The zero-order chi connectivity index (χ0) is 18.2. The summed E-state index contributed by atoms with van der Waals surface area (Å²) in [5.74, 6) is -1.08. The first-order valence-electron chi connectivity index (χ1n) is 7.14. The van der Waals surface area contributed by atoms with Crippen LogP contribution in [0.4, 0.5) is 5.13 Å². The Hall–Kier alpha value is -2.94. The lowest BCUT2D eigenvalue weighted by atomic mass is 10.2. The van der Waals surface area contributed by atoms with E-state index in [2.05, 4.69) is 15.0 Å². The minimum atomic E-state index is -0.639. The highest BCUT2D eigenvalue weighted by atomic mass is 32.1. The van der Waals surface area contributed by atoms with Gasteiger partial charge in [0.25, 0.3) is 5.91 Å². The first-order valence-corrected chi connectivity index (χ1v) is 8.02. The summed E-state index contributed by atoms with van der Waals surface area (Å²) in [6.07, 6.45) is 0.0215. The Kier molecular flexibility index (Phi) is 6.47. The van der Waals surface area contributed by atoms with Crippen LogP contribution in [-0.2, 0) is 25.5 Å². The first-order chi connectivity index (χ1) is 12.0. The lowest BCUT2D eigenvalue weighted by molar-refractivity contribution is -0.139. The predicted octanol–water partition coefficient (Wildman–Crippen LogP) is 1.66. The Morgan fingerprint density at radius 3 is 2.76 bits per heavy atom. The second-order valence-electron chi connectivity index (χ2n) is 4.75. The third-order valence-electron chi connectivity index (χ3n) is 2.99. The number of carbonyl (C=O) groups excluding carboxylic acids is 3. The third-order valence-corrected chi connectivity index (χ3v) is 3.80. The highest BCUT2D eigenvalue weighted by Gasteiger charge is 2.13. The van der Waals surface area contributed by atoms with Crippen molar-refractivity contribution in [3.63, 3.8) is 0 Å². The first kappa shape index (κ1) is 18.4. The standard InChI is InChI=1S/C16H16N2O6S/c1-22-12-5-3-4-10(6-12)15(21)24-8-13(19)18-16-17-11(9-25-16)7-14(20)23-2/h3-6,9H,7-8H2,1-2H3,(H,17,18,19). The molecule has 1 aromatic heterocycles. The molecule has 0 aliphatic rings. The molecule has 2 aromatic rings. The van der Waals surface area contributed by atoms with Crippen molar-refractivity contribution in [1.29, 1.82) is 0 Å². The van der Waals surface area contributed by atoms with Crippen molar-refractivity contribution in [3.05, 3.63) is 40.9 Å². The normalized spacial score (nSPS) is 10.0. The number of rotatable bonds is 7. The summed E-state index contributed by atoms with van der Waals surface area (Å²) in [5, 5.41) is 4.44. The molecule has 0 fully saturated rings. The van der Waals surface area contributed by atoms with Gasteiger partial charge < -0.3 is 14.2 Å². The van der Waals surface area contributed by atoms with Crippen LogP contribution >= 0.6 is 11.3 Å². The smallest absolute Gasteiger partial charge is 0.338 e. The van der Waals surface area contributed by atoms with Crippen LogP contribution in [0, 0.1) is 0 Å². The fraction of sp³-hybridized carbons (Fsp3) is 0.250. The van der Waals surface area contributed by atoms with E-state index in [1.807, 2.05) is 0 Å². The van der Waals surface area contributed by atoms with Crippen molar-refractivity contribution in [2.75, 3.05) is 26.1 Å². The summed E-state index contributed by atoms with van der Waals surface area (Å²) in [4.78, 5) is 39.0. The van der Waals surface area contributed by atoms with Crippen molar-refractivity contribution in [1.82, 2.24) is 4.98 Å². The monoisotopic (exact) mass is 364 g/mol. The molecular weight excluding hydrogens is 348 g/mol. The van der Waals surface area contributed by atoms with Crippen LogP contribution in [0.1, 0.15) is 16.1 Å². The summed E-state index contributed by atoms with van der Waals surface area (Å²) in [6, 6.07) is 6.41. The lowest BCUT2D eigenvalue weighted by Crippen LogP contribution is -2.21. The maximum Gasteiger partial charge on any atom is 0.338 e. The van der Waals surface area contributed by atoms with Crippen LogP contribution in [0.25, 0.3) is 0 Å². The number of esters is 2. The SMILES string of the molecule is COC(=O)Cc1csc(NC(=O)COC(=O)c2cccc(OC)c2)n1. The Bertz CT molecular complexity index is 773. The van der Waals surface area contributed by atoms with Gasteiger partial charge >= 0.3 is 11.9 Å². The van der Waals surface area contributed by atoms with Crippen molar-refractivity contribution in [2.24, 2.45) is 0 Å². The van der Waals surface area contributed by atoms with E-state index < -0.39 is 24.5 Å². The summed E-state index contributed by atoms with van der Waals surface area (Å²) in [5.41, 5.74) is 0.766. The molecule has 0 bridgehead atoms. The van der Waals surface area contributed by atoms with Crippen molar-refractivity contribution in [2.45, 2.75) is 6.42 Å². The molecule has 8 nitrogen and oxygen atoms in total. The average Bonchev–Trinajstić information content (AvgIpc) is 3.06. The molecule has 132 valence electrons. The molecule has 0 aliphatic heterocycles. The van der Waals surface area contributed by atoms with Gasteiger partial charge in [0.15, 0.2) is 11.7 Å². The molecule has 0 spiro atoms. The fourth-order valence-corrected chi connectivity index (χ4v) is 2.51. The van der Waals surface area contributed by atoms with Crippen LogP contribution in [0.15, 0.2) is 29.6 Å². The highest BCUT2D eigenvalue weighted by molar-refractivity contribution is 7.13. The Morgan fingerprint density at radius 2 is 2.04 bits per heavy atom. The predicted molar refractivity (Wildman–Crippen MR) is 89.7 cm³/mol. The van der Waals surface area contributed by atoms with Gasteiger partial charge in [-0.15, -0.1) is 11.3 Å². The summed E-state index contributed by atoms with van der Waals surface area (Å²) in [7, 11) is 2.77. The molecule has 0 saturated heterocycles. The lowest BCUT2D eigenvalue weighted by Gasteiger charge is -2.06. The Balaban J connectivity index is 1.84. The maximum absolute atomic E-state index is 11.9. The van der Waals surface area contributed by atoms with E-state index in [4.69, 9.17) is 9.47 Å². The van der Waals surface area contributed by atoms with Gasteiger partial charge in [-0.25, -0.2) is 9.78 Å². The zero-order valence-electron chi connectivity index (χ0n) is 13.6. The molecule has 0 atom stereocenters. The van der Waals surface area contributed by atoms with Gasteiger partial charge in [-0.3, -0.25) is 14.9 Å². The van der Waals surface area contributed by atoms with Gasteiger partial charge in [-0.05, 0) is 18.2 Å². The molecular formula is C16H16N2O6S. The van der Waals surface area contributed by atoms with Crippen molar-refractivity contribution < 1.29 is 28.6 Å². The molecule has 1 N–H and O–H groups in total. The largest absolute Gasteiger partial charge is 0.497 e. The Labute approximate surface area is 147 Å². The number of aromatic nitrogens is 1. The van der Waals surface area contributed by atoms with E-state index in [1.54, 1.807) is 23.6 Å². The van der Waals surface area contributed by atoms with Crippen LogP contribution in [0.2, 0.25) is 0 Å². The number of hydrogen-bond donors (Lipinski definition) is 1. The average molecular weight is 364 g/mol. The number of benzene rings is 1. The van der Waals surface area contributed by atoms with E-state index in [9.17, 15) is 14.4 Å². The van der Waals surface area contributed by atoms with Crippen molar-refractivity contribution in [3.8, 4) is 5.75 Å². The van der Waals surface area contributed by atoms with E-state index in [-0.39, 0.29) is 12.0 Å². The molecule has 0 radical (unpaired) electrons. The number of nitrogens with one attached hydrogen (secondary N) is 1. The van der Waals surface area contributed by atoms with Gasteiger partial charge in [0, 0.05) is 5.38 Å². The summed E-state index contributed by atoms with van der Waals surface area (Å²) in [6.45, 7) is -0.456. The topological polar surface area (TPSA) is 104 Å². The van der Waals surface area contributed by atoms with Crippen LogP contribution < -0.4 is 10.1 Å². The molecule has 1 heterocycles.